The highest BCUT2D eigenvalue weighted by Crippen LogP contribution is 2.30. The Bertz CT molecular complexity index is 201. The summed E-state index contributed by atoms with van der Waals surface area (Å²) >= 11 is 0. The lowest BCUT2D eigenvalue weighted by atomic mass is 10.3. The standard InChI is InChI=1S/C10H18N2O/c1-8-6-12(7-9-2-3-9)10(13)4-5-11-8/h8-9,11H,2-7H2,1H3/t8-/m1/s1. The summed E-state index contributed by atoms with van der Waals surface area (Å²) in [6, 6.07) is 0.463. The molecule has 13 heavy (non-hydrogen) atoms. The van der Waals surface area contributed by atoms with Crippen LogP contribution >= 0.6 is 0 Å². The number of carbonyl (C=O) groups is 1. The second-order valence-corrected chi connectivity index (χ2v) is 4.35. The lowest BCUT2D eigenvalue weighted by molar-refractivity contribution is -0.130. The van der Waals surface area contributed by atoms with E-state index in [1.807, 2.05) is 4.90 Å². The van der Waals surface area contributed by atoms with Crippen LogP contribution in [0.2, 0.25) is 0 Å². The molecule has 3 nitrogen and oxygen atoms in total. The van der Waals surface area contributed by atoms with E-state index in [1.54, 1.807) is 0 Å². The van der Waals surface area contributed by atoms with Gasteiger partial charge in [0.05, 0.1) is 0 Å². The third-order valence-electron chi connectivity index (χ3n) is 2.85. The summed E-state index contributed by atoms with van der Waals surface area (Å²) in [6.07, 6.45) is 3.33. The van der Waals surface area contributed by atoms with Crippen molar-refractivity contribution in [2.75, 3.05) is 19.6 Å². The lowest BCUT2D eigenvalue weighted by Gasteiger charge is -2.22. The van der Waals surface area contributed by atoms with Gasteiger partial charge in [-0.25, -0.2) is 0 Å². The smallest absolute Gasteiger partial charge is 0.223 e. The molecule has 1 atom stereocenters. The Labute approximate surface area is 79.5 Å². The van der Waals surface area contributed by atoms with Crippen molar-refractivity contribution in [1.29, 1.82) is 0 Å². The zero-order chi connectivity index (χ0) is 9.26. The van der Waals surface area contributed by atoms with Crippen molar-refractivity contribution >= 4 is 5.91 Å². The van der Waals surface area contributed by atoms with Gasteiger partial charge in [0.1, 0.15) is 0 Å². The van der Waals surface area contributed by atoms with Gasteiger partial charge in [0.25, 0.3) is 0 Å². The molecule has 0 aromatic carbocycles. The van der Waals surface area contributed by atoms with Crippen molar-refractivity contribution in [3.63, 3.8) is 0 Å². The third-order valence-corrected chi connectivity index (χ3v) is 2.85. The Morgan fingerprint density at radius 2 is 2.31 bits per heavy atom. The van der Waals surface area contributed by atoms with E-state index < -0.39 is 0 Å². The zero-order valence-corrected chi connectivity index (χ0v) is 8.25. The molecule has 0 aromatic heterocycles. The van der Waals surface area contributed by atoms with Crippen LogP contribution in [0, 0.1) is 5.92 Å². The monoisotopic (exact) mass is 182 g/mol. The van der Waals surface area contributed by atoms with Crippen LogP contribution in [0.25, 0.3) is 0 Å². The molecule has 1 aliphatic heterocycles. The van der Waals surface area contributed by atoms with E-state index in [0.29, 0.717) is 18.4 Å². The molecular weight excluding hydrogens is 164 g/mol. The third kappa shape index (κ3) is 2.44. The molecule has 1 saturated heterocycles. The van der Waals surface area contributed by atoms with Gasteiger partial charge >= 0.3 is 0 Å². The number of hydrogen-bond acceptors (Lipinski definition) is 2. The van der Waals surface area contributed by atoms with E-state index >= 15 is 0 Å². The normalized spacial score (nSPS) is 30.4. The van der Waals surface area contributed by atoms with Gasteiger partial charge in [0.15, 0.2) is 0 Å². The van der Waals surface area contributed by atoms with Gasteiger partial charge in [0, 0.05) is 32.1 Å². The highest BCUT2D eigenvalue weighted by Gasteiger charge is 2.28. The van der Waals surface area contributed by atoms with E-state index in [-0.39, 0.29) is 0 Å². The number of rotatable bonds is 2. The first-order chi connectivity index (χ1) is 6.25. The van der Waals surface area contributed by atoms with Gasteiger partial charge in [-0.3, -0.25) is 4.79 Å². The van der Waals surface area contributed by atoms with Gasteiger partial charge in [-0.1, -0.05) is 0 Å². The fourth-order valence-corrected chi connectivity index (χ4v) is 1.87. The van der Waals surface area contributed by atoms with Gasteiger partial charge in [-0.2, -0.15) is 0 Å². The minimum Gasteiger partial charge on any atom is -0.341 e. The first kappa shape index (κ1) is 9.00. The number of hydrogen-bond donors (Lipinski definition) is 1. The van der Waals surface area contributed by atoms with Crippen LogP contribution in [0.3, 0.4) is 0 Å². The highest BCUT2D eigenvalue weighted by molar-refractivity contribution is 5.76. The van der Waals surface area contributed by atoms with Crippen molar-refractivity contribution in [2.45, 2.75) is 32.2 Å². The Kier molecular flexibility index (Phi) is 2.54. The molecule has 1 saturated carbocycles. The van der Waals surface area contributed by atoms with E-state index in [1.165, 1.54) is 12.8 Å². The van der Waals surface area contributed by atoms with Gasteiger partial charge < -0.3 is 10.2 Å². The minimum atomic E-state index is 0.337. The molecule has 3 heteroatoms. The van der Waals surface area contributed by atoms with Gasteiger partial charge in [-0.15, -0.1) is 0 Å². The number of amides is 1. The molecule has 1 N–H and O–H groups in total. The van der Waals surface area contributed by atoms with Crippen LogP contribution in [0.5, 0.6) is 0 Å². The summed E-state index contributed by atoms with van der Waals surface area (Å²) < 4.78 is 0. The van der Waals surface area contributed by atoms with Crippen LogP contribution in [0.4, 0.5) is 0 Å². The molecule has 1 aliphatic carbocycles. The summed E-state index contributed by atoms with van der Waals surface area (Å²) in [7, 11) is 0. The van der Waals surface area contributed by atoms with Crippen molar-refractivity contribution < 1.29 is 4.79 Å². The molecule has 2 fully saturated rings. The largest absolute Gasteiger partial charge is 0.341 e. The van der Waals surface area contributed by atoms with Crippen molar-refractivity contribution in [2.24, 2.45) is 5.92 Å². The fraction of sp³-hybridized carbons (Fsp3) is 0.900. The minimum absolute atomic E-state index is 0.337. The topological polar surface area (TPSA) is 32.3 Å². The van der Waals surface area contributed by atoms with E-state index in [4.69, 9.17) is 0 Å². The molecule has 1 heterocycles. The Hall–Kier alpha value is -0.570. The highest BCUT2D eigenvalue weighted by atomic mass is 16.2. The van der Waals surface area contributed by atoms with E-state index in [9.17, 15) is 4.79 Å². The molecule has 74 valence electrons. The summed E-state index contributed by atoms with van der Waals surface area (Å²) in [6.45, 7) is 4.90. The van der Waals surface area contributed by atoms with Crippen molar-refractivity contribution in [3.8, 4) is 0 Å². The molecule has 0 spiro atoms. The molecular formula is C10H18N2O. The second-order valence-electron chi connectivity index (χ2n) is 4.35. The van der Waals surface area contributed by atoms with E-state index in [2.05, 4.69) is 12.2 Å². The summed E-state index contributed by atoms with van der Waals surface area (Å²) in [5.74, 6) is 1.15. The molecule has 0 unspecified atom stereocenters. The Balaban J connectivity index is 1.91. The second kappa shape index (κ2) is 3.66. The Morgan fingerprint density at radius 3 is 3.00 bits per heavy atom. The first-order valence-corrected chi connectivity index (χ1v) is 5.27. The van der Waals surface area contributed by atoms with E-state index in [0.717, 1.165) is 25.6 Å². The molecule has 0 bridgehead atoms. The quantitative estimate of drug-likeness (QED) is 0.678. The maximum absolute atomic E-state index is 11.6. The predicted octanol–water partition coefficient (Wildman–Crippen LogP) is 0.607. The first-order valence-electron chi connectivity index (χ1n) is 5.27. The van der Waals surface area contributed by atoms with Crippen LogP contribution in [-0.2, 0) is 4.79 Å². The molecule has 2 aliphatic rings. The number of nitrogens with one attached hydrogen (secondary N) is 1. The zero-order valence-electron chi connectivity index (χ0n) is 8.25. The summed E-state index contributed by atoms with van der Waals surface area (Å²) in [5, 5.41) is 3.34. The van der Waals surface area contributed by atoms with Crippen molar-refractivity contribution in [3.05, 3.63) is 0 Å². The van der Waals surface area contributed by atoms with Crippen LogP contribution in [-0.4, -0.2) is 36.5 Å². The molecule has 0 radical (unpaired) electrons. The van der Waals surface area contributed by atoms with Crippen molar-refractivity contribution in [1.82, 2.24) is 10.2 Å². The molecule has 0 aromatic rings. The fourth-order valence-electron chi connectivity index (χ4n) is 1.87. The average molecular weight is 182 g/mol. The maximum Gasteiger partial charge on any atom is 0.223 e. The molecule has 1 amide bonds. The maximum atomic E-state index is 11.6. The SMILES string of the molecule is C[C@@H]1CN(CC2CC2)C(=O)CCN1. The number of carbonyl (C=O) groups excluding carboxylic acids is 1. The Morgan fingerprint density at radius 1 is 1.54 bits per heavy atom. The van der Waals surface area contributed by atoms with Crippen LogP contribution in [0.1, 0.15) is 26.2 Å². The number of nitrogens with zero attached hydrogens (tertiary/aromatic N) is 1. The van der Waals surface area contributed by atoms with Crippen LogP contribution < -0.4 is 5.32 Å². The van der Waals surface area contributed by atoms with Gasteiger partial charge in [0.2, 0.25) is 5.91 Å². The average Bonchev–Trinajstić information content (AvgIpc) is 2.86. The summed E-state index contributed by atoms with van der Waals surface area (Å²) in [4.78, 5) is 13.7. The van der Waals surface area contributed by atoms with Crippen LogP contribution in [0.15, 0.2) is 0 Å². The lowest BCUT2D eigenvalue weighted by Crippen LogP contribution is -2.38. The molecule has 2 rings (SSSR count). The summed E-state index contributed by atoms with van der Waals surface area (Å²) in [5.41, 5.74) is 0. The van der Waals surface area contributed by atoms with Gasteiger partial charge in [-0.05, 0) is 25.7 Å². The predicted molar refractivity (Wildman–Crippen MR) is 51.4 cm³/mol.